The molecule has 1 aliphatic rings. The maximum atomic E-state index is 12.0. The SMILES string of the molecule is CNCC1CCc2ccccc2C1=O.Cl. The van der Waals surface area contributed by atoms with E-state index in [0.29, 0.717) is 5.78 Å². The number of Topliss-reactive ketones (excluding diaryl/α,β-unsaturated/α-hetero) is 1. The summed E-state index contributed by atoms with van der Waals surface area (Å²) in [5, 5.41) is 3.08. The lowest BCUT2D eigenvalue weighted by atomic mass is 9.83. The van der Waals surface area contributed by atoms with Gasteiger partial charge in [-0.25, -0.2) is 0 Å². The fourth-order valence-electron chi connectivity index (χ4n) is 2.10. The summed E-state index contributed by atoms with van der Waals surface area (Å²) in [7, 11) is 1.90. The molecule has 0 bridgehead atoms. The van der Waals surface area contributed by atoms with E-state index in [-0.39, 0.29) is 18.3 Å². The Labute approximate surface area is 96.5 Å². The zero-order valence-corrected chi connectivity index (χ0v) is 9.64. The van der Waals surface area contributed by atoms with Gasteiger partial charge >= 0.3 is 0 Å². The van der Waals surface area contributed by atoms with Gasteiger partial charge in [-0.3, -0.25) is 4.79 Å². The third-order valence-corrected chi connectivity index (χ3v) is 2.87. The molecule has 0 spiro atoms. The molecule has 1 atom stereocenters. The summed E-state index contributed by atoms with van der Waals surface area (Å²) >= 11 is 0. The molecule has 3 heteroatoms. The van der Waals surface area contributed by atoms with Gasteiger partial charge in [0.1, 0.15) is 0 Å². The van der Waals surface area contributed by atoms with Crippen molar-refractivity contribution in [3.05, 3.63) is 35.4 Å². The molecule has 0 saturated carbocycles. The first-order valence-electron chi connectivity index (χ1n) is 5.09. The molecule has 15 heavy (non-hydrogen) atoms. The topological polar surface area (TPSA) is 29.1 Å². The number of carbonyl (C=O) groups excluding carboxylic acids is 1. The van der Waals surface area contributed by atoms with Gasteiger partial charge in [0.2, 0.25) is 0 Å². The molecule has 1 unspecified atom stereocenters. The molecular formula is C12H16ClNO. The van der Waals surface area contributed by atoms with Crippen molar-refractivity contribution in [3.63, 3.8) is 0 Å². The summed E-state index contributed by atoms with van der Waals surface area (Å²) < 4.78 is 0. The van der Waals surface area contributed by atoms with Crippen molar-refractivity contribution < 1.29 is 4.79 Å². The maximum absolute atomic E-state index is 12.0. The lowest BCUT2D eigenvalue weighted by Crippen LogP contribution is -2.30. The highest BCUT2D eigenvalue weighted by molar-refractivity contribution is 6.00. The van der Waals surface area contributed by atoms with Gasteiger partial charge in [-0.15, -0.1) is 12.4 Å². The van der Waals surface area contributed by atoms with Crippen LogP contribution in [0, 0.1) is 5.92 Å². The van der Waals surface area contributed by atoms with Gasteiger partial charge in [0, 0.05) is 18.0 Å². The molecule has 1 N–H and O–H groups in total. The Morgan fingerprint density at radius 3 is 2.87 bits per heavy atom. The molecule has 0 heterocycles. The smallest absolute Gasteiger partial charge is 0.167 e. The molecule has 1 aromatic rings. The van der Waals surface area contributed by atoms with E-state index < -0.39 is 0 Å². The molecule has 1 aromatic carbocycles. The molecule has 1 aliphatic carbocycles. The van der Waals surface area contributed by atoms with Gasteiger partial charge in [0.05, 0.1) is 0 Å². The zero-order valence-electron chi connectivity index (χ0n) is 8.82. The first-order chi connectivity index (χ1) is 6.83. The van der Waals surface area contributed by atoms with E-state index in [4.69, 9.17) is 0 Å². The van der Waals surface area contributed by atoms with Gasteiger partial charge < -0.3 is 5.32 Å². The largest absolute Gasteiger partial charge is 0.319 e. The number of nitrogens with one attached hydrogen (secondary N) is 1. The van der Waals surface area contributed by atoms with Gasteiger partial charge in [-0.05, 0) is 25.5 Å². The summed E-state index contributed by atoms with van der Waals surface area (Å²) in [6, 6.07) is 7.95. The number of hydrogen-bond acceptors (Lipinski definition) is 2. The zero-order chi connectivity index (χ0) is 9.97. The number of halogens is 1. The fourth-order valence-corrected chi connectivity index (χ4v) is 2.10. The Morgan fingerprint density at radius 1 is 1.40 bits per heavy atom. The van der Waals surface area contributed by atoms with Gasteiger partial charge in [0.25, 0.3) is 0 Å². The van der Waals surface area contributed by atoms with Crippen LogP contribution in [-0.2, 0) is 6.42 Å². The van der Waals surface area contributed by atoms with Crippen LogP contribution in [0.4, 0.5) is 0 Å². The number of ketones is 1. The molecule has 0 aromatic heterocycles. The number of hydrogen-bond donors (Lipinski definition) is 1. The van der Waals surface area contributed by atoms with Gasteiger partial charge in [-0.2, -0.15) is 0 Å². The highest BCUT2D eigenvalue weighted by Gasteiger charge is 2.25. The molecule has 2 nitrogen and oxygen atoms in total. The second-order valence-corrected chi connectivity index (χ2v) is 3.81. The van der Waals surface area contributed by atoms with Crippen LogP contribution < -0.4 is 5.32 Å². The lowest BCUT2D eigenvalue weighted by Gasteiger charge is -2.22. The fraction of sp³-hybridized carbons (Fsp3) is 0.417. The molecule has 0 saturated heterocycles. The summed E-state index contributed by atoms with van der Waals surface area (Å²) in [5.74, 6) is 0.482. The molecule has 0 fully saturated rings. The van der Waals surface area contributed by atoms with E-state index in [9.17, 15) is 4.79 Å². The van der Waals surface area contributed by atoms with Crippen LogP contribution in [0.1, 0.15) is 22.3 Å². The van der Waals surface area contributed by atoms with Gasteiger partial charge in [-0.1, -0.05) is 24.3 Å². The van der Waals surface area contributed by atoms with E-state index in [2.05, 4.69) is 11.4 Å². The monoisotopic (exact) mass is 225 g/mol. The number of carbonyl (C=O) groups is 1. The molecule has 0 amide bonds. The minimum absolute atomic E-state index is 0. The van der Waals surface area contributed by atoms with Crippen LogP contribution >= 0.6 is 12.4 Å². The highest BCUT2D eigenvalue weighted by atomic mass is 35.5. The highest BCUT2D eigenvalue weighted by Crippen LogP contribution is 2.24. The maximum Gasteiger partial charge on any atom is 0.167 e. The Balaban J connectivity index is 0.00000112. The van der Waals surface area contributed by atoms with Crippen LogP contribution in [0.15, 0.2) is 24.3 Å². The molecular weight excluding hydrogens is 210 g/mol. The van der Waals surface area contributed by atoms with Gasteiger partial charge in [0.15, 0.2) is 5.78 Å². The van der Waals surface area contributed by atoms with Crippen LogP contribution in [0.5, 0.6) is 0 Å². The normalized spacial score (nSPS) is 19.3. The second kappa shape index (κ2) is 5.29. The van der Waals surface area contributed by atoms with Crippen molar-refractivity contribution in [2.24, 2.45) is 5.92 Å². The minimum atomic E-state index is 0. The Bertz CT molecular complexity index is 351. The summed E-state index contributed by atoms with van der Waals surface area (Å²) in [4.78, 5) is 12.0. The van der Waals surface area contributed by atoms with Crippen molar-refractivity contribution in [2.75, 3.05) is 13.6 Å². The molecule has 82 valence electrons. The van der Waals surface area contributed by atoms with Crippen molar-refractivity contribution >= 4 is 18.2 Å². The first-order valence-corrected chi connectivity index (χ1v) is 5.09. The van der Waals surface area contributed by atoms with Crippen LogP contribution in [0.2, 0.25) is 0 Å². The Kier molecular flexibility index (Phi) is 4.30. The Hall–Kier alpha value is -0.860. The first kappa shape index (κ1) is 12.2. The van der Waals surface area contributed by atoms with Crippen molar-refractivity contribution in [3.8, 4) is 0 Å². The quantitative estimate of drug-likeness (QED) is 0.835. The summed E-state index contributed by atoms with van der Waals surface area (Å²) in [6.07, 6.45) is 2.02. The average Bonchev–Trinajstić information content (AvgIpc) is 2.23. The number of fused-ring (bicyclic) bond motifs is 1. The standard InChI is InChI=1S/C12H15NO.ClH/c1-13-8-10-7-6-9-4-2-3-5-11(9)12(10)14;/h2-5,10,13H,6-8H2,1H3;1H. The summed E-state index contributed by atoms with van der Waals surface area (Å²) in [5.41, 5.74) is 2.14. The average molecular weight is 226 g/mol. The molecule has 0 radical (unpaired) electrons. The molecule has 2 rings (SSSR count). The van der Waals surface area contributed by atoms with E-state index in [0.717, 1.165) is 24.9 Å². The molecule has 0 aliphatic heterocycles. The lowest BCUT2D eigenvalue weighted by molar-refractivity contribution is 0.0902. The van der Waals surface area contributed by atoms with Crippen LogP contribution in [0.3, 0.4) is 0 Å². The minimum Gasteiger partial charge on any atom is -0.319 e. The number of benzene rings is 1. The third-order valence-electron chi connectivity index (χ3n) is 2.87. The third kappa shape index (κ3) is 2.39. The van der Waals surface area contributed by atoms with E-state index in [1.54, 1.807) is 0 Å². The predicted molar refractivity (Wildman–Crippen MR) is 63.8 cm³/mol. The van der Waals surface area contributed by atoms with Crippen molar-refractivity contribution in [2.45, 2.75) is 12.8 Å². The summed E-state index contributed by atoms with van der Waals surface area (Å²) in [6.45, 7) is 0.799. The van der Waals surface area contributed by atoms with E-state index in [1.807, 2.05) is 25.2 Å². The van der Waals surface area contributed by atoms with E-state index in [1.165, 1.54) is 5.56 Å². The predicted octanol–water partition coefficient (Wildman–Crippen LogP) is 2.07. The van der Waals surface area contributed by atoms with Crippen molar-refractivity contribution in [1.29, 1.82) is 0 Å². The van der Waals surface area contributed by atoms with Crippen molar-refractivity contribution in [1.82, 2.24) is 5.32 Å². The second-order valence-electron chi connectivity index (χ2n) is 3.81. The number of rotatable bonds is 2. The van der Waals surface area contributed by atoms with E-state index >= 15 is 0 Å². The van der Waals surface area contributed by atoms with Crippen LogP contribution in [0.25, 0.3) is 0 Å². The Morgan fingerprint density at radius 2 is 2.13 bits per heavy atom. The number of aryl methyl sites for hydroxylation is 1. The van der Waals surface area contributed by atoms with Crippen LogP contribution in [-0.4, -0.2) is 19.4 Å².